The SMILES string of the molecule is COc1c(F)ccc2c1C(C)(C)CC(O)(C(F)(F)F)C2NC(=O)c1nnn(-c2ccccc2)c1N. The predicted octanol–water partition coefficient (Wildman–Crippen LogP) is 3.44. The number of aromatic nitrogens is 3. The number of rotatable bonds is 4. The fraction of sp³-hybridized carbons (Fsp3) is 0.348. The lowest BCUT2D eigenvalue weighted by Gasteiger charge is -2.48. The number of halogens is 4. The largest absolute Gasteiger partial charge is 0.493 e. The normalized spacial score (nSPS) is 21.3. The number of nitrogen functional groups attached to an aromatic ring is 1. The van der Waals surface area contributed by atoms with Gasteiger partial charge in [-0.15, -0.1) is 5.10 Å². The monoisotopic (exact) mass is 493 g/mol. The van der Waals surface area contributed by atoms with E-state index in [2.05, 4.69) is 15.6 Å². The number of nitrogens with two attached hydrogens (primary N) is 1. The molecule has 1 aliphatic carbocycles. The Hall–Kier alpha value is -3.67. The van der Waals surface area contributed by atoms with E-state index in [9.17, 15) is 27.5 Å². The summed E-state index contributed by atoms with van der Waals surface area (Å²) in [6.45, 7) is 2.87. The molecule has 4 rings (SSSR count). The molecular formula is C23H23F4N5O3. The number of fused-ring (bicyclic) bond motifs is 1. The Morgan fingerprint density at radius 2 is 1.89 bits per heavy atom. The lowest BCUT2D eigenvalue weighted by Crippen LogP contribution is -2.61. The van der Waals surface area contributed by atoms with Gasteiger partial charge in [-0.05, 0) is 35.6 Å². The molecular weight excluding hydrogens is 470 g/mol. The minimum atomic E-state index is -5.14. The van der Waals surface area contributed by atoms with E-state index >= 15 is 0 Å². The molecule has 0 fully saturated rings. The Kier molecular flexibility index (Phi) is 5.75. The third kappa shape index (κ3) is 3.87. The van der Waals surface area contributed by atoms with E-state index in [1.165, 1.54) is 21.0 Å². The molecule has 0 radical (unpaired) electrons. The molecule has 0 saturated heterocycles. The highest BCUT2D eigenvalue weighted by Crippen LogP contribution is 2.55. The summed E-state index contributed by atoms with van der Waals surface area (Å²) in [6, 6.07) is 8.47. The summed E-state index contributed by atoms with van der Waals surface area (Å²) in [5, 5.41) is 20.8. The van der Waals surface area contributed by atoms with Gasteiger partial charge in [-0.25, -0.2) is 4.39 Å². The highest BCUT2D eigenvalue weighted by atomic mass is 19.4. The molecule has 2 aromatic carbocycles. The van der Waals surface area contributed by atoms with Crippen LogP contribution in [0.3, 0.4) is 0 Å². The summed E-state index contributed by atoms with van der Waals surface area (Å²) >= 11 is 0. The van der Waals surface area contributed by atoms with Crippen LogP contribution in [0.5, 0.6) is 5.75 Å². The molecule has 1 aromatic heterocycles. The van der Waals surface area contributed by atoms with Crippen LogP contribution in [0, 0.1) is 5.82 Å². The van der Waals surface area contributed by atoms with E-state index < -0.39 is 47.1 Å². The van der Waals surface area contributed by atoms with Crippen LogP contribution in [-0.4, -0.2) is 44.9 Å². The van der Waals surface area contributed by atoms with Gasteiger partial charge in [-0.1, -0.05) is 43.3 Å². The first-order chi connectivity index (χ1) is 16.3. The number of methoxy groups -OCH3 is 1. The van der Waals surface area contributed by atoms with E-state index in [1.807, 2.05) is 0 Å². The number of amides is 1. The Balaban J connectivity index is 1.82. The quantitative estimate of drug-likeness (QED) is 0.480. The van der Waals surface area contributed by atoms with Crippen molar-refractivity contribution in [3.05, 3.63) is 65.1 Å². The van der Waals surface area contributed by atoms with Crippen LogP contribution in [0.25, 0.3) is 5.69 Å². The molecule has 0 aliphatic heterocycles. The molecule has 2 atom stereocenters. The highest BCUT2D eigenvalue weighted by Gasteiger charge is 2.64. The van der Waals surface area contributed by atoms with Gasteiger partial charge in [-0.2, -0.15) is 17.9 Å². The maximum Gasteiger partial charge on any atom is 0.419 e. The van der Waals surface area contributed by atoms with E-state index in [1.54, 1.807) is 30.3 Å². The molecule has 0 spiro atoms. The predicted molar refractivity (Wildman–Crippen MR) is 118 cm³/mol. The van der Waals surface area contributed by atoms with Gasteiger partial charge in [0, 0.05) is 5.56 Å². The summed E-state index contributed by atoms with van der Waals surface area (Å²) in [5.41, 5.74) is 1.30. The summed E-state index contributed by atoms with van der Waals surface area (Å²) in [7, 11) is 1.19. The number of carbonyl (C=O) groups is 1. The first-order valence-electron chi connectivity index (χ1n) is 10.6. The molecule has 35 heavy (non-hydrogen) atoms. The number of nitrogens with one attached hydrogen (secondary N) is 1. The number of para-hydroxylation sites is 1. The molecule has 1 heterocycles. The van der Waals surface area contributed by atoms with Crippen LogP contribution >= 0.6 is 0 Å². The second kappa shape index (κ2) is 8.22. The van der Waals surface area contributed by atoms with Crippen LogP contribution in [-0.2, 0) is 5.41 Å². The maximum absolute atomic E-state index is 14.5. The average Bonchev–Trinajstić information content (AvgIpc) is 3.17. The van der Waals surface area contributed by atoms with Gasteiger partial charge in [-0.3, -0.25) is 4.79 Å². The lowest BCUT2D eigenvalue weighted by molar-refractivity contribution is -0.280. The van der Waals surface area contributed by atoms with Crippen LogP contribution < -0.4 is 15.8 Å². The van der Waals surface area contributed by atoms with Crippen molar-refractivity contribution in [3.8, 4) is 11.4 Å². The van der Waals surface area contributed by atoms with Crippen molar-refractivity contribution in [3.63, 3.8) is 0 Å². The topological polar surface area (TPSA) is 115 Å². The van der Waals surface area contributed by atoms with Crippen LogP contribution in [0.4, 0.5) is 23.4 Å². The fourth-order valence-electron chi connectivity index (χ4n) is 4.70. The van der Waals surface area contributed by atoms with Crippen molar-refractivity contribution in [1.29, 1.82) is 0 Å². The third-order valence-electron chi connectivity index (χ3n) is 6.21. The summed E-state index contributed by atoms with van der Waals surface area (Å²) in [5.74, 6) is -2.34. The van der Waals surface area contributed by atoms with Crippen molar-refractivity contribution in [2.45, 2.75) is 43.5 Å². The molecule has 12 heteroatoms. The number of benzene rings is 2. The highest BCUT2D eigenvalue weighted by molar-refractivity contribution is 5.97. The first-order valence-corrected chi connectivity index (χ1v) is 10.6. The minimum Gasteiger partial charge on any atom is -0.493 e. The zero-order valence-corrected chi connectivity index (χ0v) is 19.0. The number of nitrogens with zero attached hydrogens (tertiary/aromatic N) is 3. The summed E-state index contributed by atoms with van der Waals surface area (Å²) < 4.78 is 63.6. The standard InChI is InChI=1S/C23H23F4N5O3/c1-21(2)11-22(34,23(25,26)27)18(13-9-10-14(24)17(35-3)15(13)21)29-20(33)16-19(28)32(31-30-16)12-7-5-4-6-8-12/h4-10,18,34H,11,28H2,1-3H3,(H,29,33). The Morgan fingerprint density at radius 3 is 2.49 bits per heavy atom. The third-order valence-corrected chi connectivity index (χ3v) is 6.21. The van der Waals surface area contributed by atoms with Gasteiger partial charge in [0.1, 0.15) is 0 Å². The van der Waals surface area contributed by atoms with Crippen molar-refractivity contribution in [2.24, 2.45) is 0 Å². The van der Waals surface area contributed by atoms with Gasteiger partial charge in [0.2, 0.25) is 0 Å². The van der Waals surface area contributed by atoms with Crippen molar-refractivity contribution < 1.29 is 32.2 Å². The number of hydrogen-bond donors (Lipinski definition) is 3. The second-order valence-electron chi connectivity index (χ2n) is 9.00. The number of aliphatic hydroxyl groups is 1. The number of alkyl halides is 3. The smallest absolute Gasteiger partial charge is 0.419 e. The average molecular weight is 493 g/mol. The fourth-order valence-corrected chi connectivity index (χ4v) is 4.70. The van der Waals surface area contributed by atoms with Crippen molar-refractivity contribution in [1.82, 2.24) is 20.3 Å². The Morgan fingerprint density at radius 1 is 1.23 bits per heavy atom. The number of carbonyl (C=O) groups excluding carboxylic acids is 1. The maximum atomic E-state index is 14.5. The molecule has 8 nitrogen and oxygen atoms in total. The van der Waals surface area contributed by atoms with Gasteiger partial charge in [0.25, 0.3) is 5.91 Å². The van der Waals surface area contributed by atoms with Gasteiger partial charge in [0.05, 0.1) is 18.8 Å². The molecule has 3 aromatic rings. The number of hydrogen-bond acceptors (Lipinski definition) is 6. The Bertz CT molecular complexity index is 1280. The van der Waals surface area contributed by atoms with E-state index in [0.29, 0.717) is 5.69 Å². The second-order valence-corrected chi connectivity index (χ2v) is 9.00. The van der Waals surface area contributed by atoms with E-state index in [-0.39, 0.29) is 22.7 Å². The summed E-state index contributed by atoms with van der Waals surface area (Å²) in [6.07, 6.45) is -6.01. The van der Waals surface area contributed by atoms with Crippen molar-refractivity contribution in [2.75, 3.05) is 12.8 Å². The zero-order valence-electron chi connectivity index (χ0n) is 19.0. The zero-order chi connectivity index (χ0) is 25.8. The number of ether oxygens (including phenoxy) is 1. The molecule has 0 saturated carbocycles. The Labute approximate surface area is 197 Å². The van der Waals surface area contributed by atoms with E-state index in [4.69, 9.17) is 10.5 Å². The molecule has 186 valence electrons. The van der Waals surface area contributed by atoms with Gasteiger partial charge < -0.3 is 20.9 Å². The van der Waals surface area contributed by atoms with Gasteiger partial charge in [0.15, 0.2) is 28.7 Å². The lowest BCUT2D eigenvalue weighted by atomic mass is 9.63. The molecule has 0 bridgehead atoms. The van der Waals surface area contributed by atoms with Crippen LogP contribution in [0.2, 0.25) is 0 Å². The van der Waals surface area contributed by atoms with E-state index in [0.717, 1.165) is 16.8 Å². The summed E-state index contributed by atoms with van der Waals surface area (Å²) in [4.78, 5) is 13.1. The minimum absolute atomic E-state index is 0.111. The van der Waals surface area contributed by atoms with Crippen molar-refractivity contribution >= 4 is 11.7 Å². The van der Waals surface area contributed by atoms with Gasteiger partial charge >= 0.3 is 6.18 Å². The molecule has 4 N–H and O–H groups in total. The van der Waals surface area contributed by atoms with Crippen LogP contribution in [0.1, 0.15) is 47.9 Å². The molecule has 1 aliphatic rings. The van der Waals surface area contributed by atoms with Crippen LogP contribution in [0.15, 0.2) is 42.5 Å². The molecule has 2 unspecified atom stereocenters. The number of anilines is 1. The first kappa shape index (κ1) is 24.5. The molecule has 1 amide bonds.